The average Bonchev–Trinajstić information content (AvgIpc) is 2.49. The van der Waals surface area contributed by atoms with Crippen LogP contribution in [0.2, 0.25) is 0 Å². The van der Waals surface area contributed by atoms with Crippen LogP contribution in [0.15, 0.2) is 42.5 Å². The predicted octanol–water partition coefficient (Wildman–Crippen LogP) is 3.58. The van der Waals surface area contributed by atoms with E-state index in [4.69, 9.17) is 9.47 Å². The smallest absolute Gasteiger partial charge is 0.228 e. The molecule has 4 heteroatoms. The lowest BCUT2D eigenvalue weighted by Gasteiger charge is -2.12. The van der Waals surface area contributed by atoms with Crippen LogP contribution in [0.1, 0.15) is 18.1 Å². The van der Waals surface area contributed by atoms with E-state index in [1.54, 1.807) is 7.11 Å². The summed E-state index contributed by atoms with van der Waals surface area (Å²) in [6, 6.07) is 13.2. The van der Waals surface area contributed by atoms with Gasteiger partial charge in [-0.05, 0) is 43.2 Å². The van der Waals surface area contributed by atoms with E-state index < -0.39 is 0 Å². The summed E-state index contributed by atoms with van der Waals surface area (Å²) in [6.45, 7) is 4.44. The first-order valence-corrected chi connectivity index (χ1v) is 7.29. The third kappa shape index (κ3) is 4.01. The molecule has 2 aromatic rings. The normalized spacial score (nSPS) is 10.1. The third-order valence-corrected chi connectivity index (χ3v) is 3.28. The molecule has 0 saturated carbocycles. The van der Waals surface area contributed by atoms with Crippen LogP contribution in [-0.4, -0.2) is 19.6 Å². The van der Waals surface area contributed by atoms with Crippen molar-refractivity contribution in [2.45, 2.75) is 20.3 Å². The maximum atomic E-state index is 12.2. The summed E-state index contributed by atoms with van der Waals surface area (Å²) in [5, 5.41) is 2.90. The van der Waals surface area contributed by atoms with E-state index in [-0.39, 0.29) is 5.91 Å². The van der Waals surface area contributed by atoms with E-state index in [0.717, 1.165) is 16.9 Å². The van der Waals surface area contributed by atoms with Gasteiger partial charge < -0.3 is 14.8 Å². The molecule has 0 radical (unpaired) electrons. The Kier molecular flexibility index (Phi) is 5.42. The summed E-state index contributed by atoms with van der Waals surface area (Å²) in [5.41, 5.74) is 2.66. The van der Waals surface area contributed by atoms with Gasteiger partial charge in [-0.15, -0.1) is 0 Å². The van der Waals surface area contributed by atoms with Gasteiger partial charge in [-0.2, -0.15) is 0 Å². The molecule has 1 amide bonds. The first-order valence-electron chi connectivity index (χ1n) is 7.29. The quantitative estimate of drug-likeness (QED) is 0.887. The number of carbonyl (C=O) groups excluding carboxylic acids is 1. The van der Waals surface area contributed by atoms with E-state index in [2.05, 4.69) is 5.32 Å². The molecule has 0 spiro atoms. The maximum Gasteiger partial charge on any atom is 0.228 e. The van der Waals surface area contributed by atoms with Gasteiger partial charge in [0.2, 0.25) is 5.91 Å². The van der Waals surface area contributed by atoms with E-state index in [0.29, 0.717) is 24.5 Å². The second-order valence-electron chi connectivity index (χ2n) is 4.96. The summed E-state index contributed by atoms with van der Waals surface area (Å²) >= 11 is 0. The van der Waals surface area contributed by atoms with Crippen LogP contribution >= 0.6 is 0 Å². The number of para-hydroxylation sites is 2. The molecule has 0 atom stereocenters. The van der Waals surface area contributed by atoms with Crippen LogP contribution < -0.4 is 14.8 Å². The minimum Gasteiger partial charge on any atom is -0.496 e. The number of anilines is 1. The van der Waals surface area contributed by atoms with Crippen molar-refractivity contribution in [3.05, 3.63) is 53.6 Å². The Bertz CT molecular complexity index is 653. The number of aryl methyl sites for hydroxylation is 1. The molecule has 0 heterocycles. The number of hydrogen-bond acceptors (Lipinski definition) is 3. The van der Waals surface area contributed by atoms with Gasteiger partial charge in [0.25, 0.3) is 0 Å². The summed E-state index contributed by atoms with van der Waals surface area (Å²) < 4.78 is 10.7. The van der Waals surface area contributed by atoms with Crippen LogP contribution in [0.4, 0.5) is 5.69 Å². The van der Waals surface area contributed by atoms with E-state index >= 15 is 0 Å². The number of carbonyl (C=O) groups is 1. The highest BCUT2D eigenvalue weighted by atomic mass is 16.5. The molecule has 0 bridgehead atoms. The highest BCUT2D eigenvalue weighted by molar-refractivity contribution is 5.93. The van der Waals surface area contributed by atoms with Crippen molar-refractivity contribution < 1.29 is 14.3 Å². The Morgan fingerprint density at radius 3 is 2.59 bits per heavy atom. The predicted molar refractivity (Wildman–Crippen MR) is 87.7 cm³/mol. The second kappa shape index (κ2) is 7.50. The zero-order chi connectivity index (χ0) is 15.9. The molecule has 1 N–H and O–H groups in total. The first kappa shape index (κ1) is 15.9. The fourth-order valence-corrected chi connectivity index (χ4v) is 2.28. The minimum atomic E-state index is -0.0725. The summed E-state index contributed by atoms with van der Waals surface area (Å²) in [5.74, 6) is 1.44. The van der Waals surface area contributed by atoms with Gasteiger partial charge in [0, 0.05) is 0 Å². The van der Waals surface area contributed by atoms with Crippen molar-refractivity contribution in [2.24, 2.45) is 0 Å². The molecular weight excluding hydrogens is 278 g/mol. The molecule has 2 aromatic carbocycles. The molecule has 116 valence electrons. The van der Waals surface area contributed by atoms with Crippen LogP contribution in [0.3, 0.4) is 0 Å². The van der Waals surface area contributed by atoms with Crippen LogP contribution in [0, 0.1) is 6.92 Å². The summed E-state index contributed by atoms with van der Waals surface area (Å²) in [7, 11) is 1.64. The number of ether oxygens (including phenoxy) is 2. The minimum absolute atomic E-state index is 0.0725. The third-order valence-electron chi connectivity index (χ3n) is 3.28. The molecule has 22 heavy (non-hydrogen) atoms. The zero-order valence-corrected chi connectivity index (χ0v) is 13.2. The highest BCUT2D eigenvalue weighted by Gasteiger charge is 2.09. The van der Waals surface area contributed by atoms with E-state index in [1.165, 1.54) is 0 Å². The lowest BCUT2D eigenvalue weighted by Crippen LogP contribution is -2.15. The molecule has 0 fully saturated rings. The molecule has 0 aliphatic rings. The summed E-state index contributed by atoms with van der Waals surface area (Å²) in [6.07, 6.45) is 0.311. The Hall–Kier alpha value is -2.49. The zero-order valence-electron chi connectivity index (χ0n) is 13.2. The standard InChI is InChI=1S/C18H21NO3/c1-4-22-17-8-6-5-7-15(17)19-18(20)12-14-9-10-16(21-3)13(2)11-14/h5-11H,4,12H2,1-3H3,(H,19,20). The number of rotatable bonds is 6. The van der Waals surface area contributed by atoms with Gasteiger partial charge in [0.1, 0.15) is 11.5 Å². The maximum absolute atomic E-state index is 12.2. The molecule has 0 aromatic heterocycles. The molecule has 4 nitrogen and oxygen atoms in total. The monoisotopic (exact) mass is 299 g/mol. The Labute approximate surface area is 131 Å². The number of benzene rings is 2. The van der Waals surface area contributed by atoms with Gasteiger partial charge in [-0.1, -0.05) is 24.3 Å². The van der Waals surface area contributed by atoms with Gasteiger partial charge in [0.15, 0.2) is 0 Å². The van der Waals surface area contributed by atoms with Crippen molar-refractivity contribution in [1.29, 1.82) is 0 Å². The average molecular weight is 299 g/mol. The largest absolute Gasteiger partial charge is 0.496 e. The Balaban J connectivity index is 2.06. The van der Waals surface area contributed by atoms with Crippen molar-refractivity contribution in [3.63, 3.8) is 0 Å². The fourth-order valence-electron chi connectivity index (χ4n) is 2.28. The summed E-state index contributed by atoms with van der Waals surface area (Å²) in [4.78, 5) is 12.2. The molecule has 0 aliphatic heterocycles. The topological polar surface area (TPSA) is 47.6 Å². The number of amides is 1. The number of nitrogens with one attached hydrogen (secondary N) is 1. The van der Waals surface area contributed by atoms with Crippen LogP contribution in [0.5, 0.6) is 11.5 Å². The molecule has 0 aliphatic carbocycles. The second-order valence-corrected chi connectivity index (χ2v) is 4.96. The van der Waals surface area contributed by atoms with Crippen molar-refractivity contribution >= 4 is 11.6 Å². The van der Waals surface area contributed by atoms with Crippen molar-refractivity contribution in [2.75, 3.05) is 19.0 Å². The first-order chi connectivity index (χ1) is 10.6. The Morgan fingerprint density at radius 2 is 1.91 bits per heavy atom. The Morgan fingerprint density at radius 1 is 1.14 bits per heavy atom. The molecular formula is C18H21NO3. The lowest BCUT2D eigenvalue weighted by molar-refractivity contribution is -0.115. The van der Waals surface area contributed by atoms with Crippen molar-refractivity contribution in [1.82, 2.24) is 0 Å². The van der Waals surface area contributed by atoms with Crippen LogP contribution in [0.25, 0.3) is 0 Å². The highest BCUT2D eigenvalue weighted by Crippen LogP contribution is 2.24. The van der Waals surface area contributed by atoms with Crippen molar-refractivity contribution in [3.8, 4) is 11.5 Å². The molecule has 2 rings (SSSR count). The SMILES string of the molecule is CCOc1ccccc1NC(=O)Cc1ccc(OC)c(C)c1. The van der Waals surface area contributed by atoms with Gasteiger partial charge in [-0.3, -0.25) is 4.79 Å². The van der Waals surface area contributed by atoms with Gasteiger partial charge in [0.05, 0.1) is 25.8 Å². The van der Waals surface area contributed by atoms with Crippen LogP contribution in [-0.2, 0) is 11.2 Å². The number of methoxy groups -OCH3 is 1. The number of hydrogen-bond donors (Lipinski definition) is 1. The molecule has 0 unspecified atom stereocenters. The lowest BCUT2D eigenvalue weighted by atomic mass is 10.1. The van der Waals surface area contributed by atoms with E-state index in [9.17, 15) is 4.79 Å². The molecule has 0 saturated heterocycles. The van der Waals surface area contributed by atoms with Gasteiger partial charge in [-0.25, -0.2) is 0 Å². The van der Waals surface area contributed by atoms with E-state index in [1.807, 2.05) is 56.3 Å². The fraction of sp³-hybridized carbons (Fsp3) is 0.278. The van der Waals surface area contributed by atoms with Gasteiger partial charge >= 0.3 is 0 Å².